The van der Waals surface area contributed by atoms with Crippen LogP contribution in [0.1, 0.15) is 102 Å². The largest absolute Gasteiger partial charge is 0.342 e. The standard InChI is InChI=1S/C27H45N5O2.ClH/c1-6-14-32-25(33)22(17-18(2)3)28-26(34)27(32)12-15-31(16-13-27)24(21-10-8-7-9-11-21)23-19(4)29-30-20(23)5;/h18,21-22,24H,6-17H2,1-5H3,(H,28,34)(H,29,30);1H/t22-,24?;/m0./s1. The minimum Gasteiger partial charge on any atom is -0.342 e. The lowest BCUT2D eigenvalue weighted by atomic mass is 9.76. The van der Waals surface area contributed by atoms with Gasteiger partial charge >= 0.3 is 0 Å². The zero-order chi connectivity index (χ0) is 24.5. The van der Waals surface area contributed by atoms with Crippen molar-refractivity contribution in [2.75, 3.05) is 19.6 Å². The third kappa shape index (κ3) is 5.41. The molecule has 1 aromatic heterocycles. The molecule has 0 bridgehead atoms. The topological polar surface area (TPSA) is 81.3 Å². The molecule has 2 N–H and O–H groups in total. The highest BCUT2D eigenvalue weighted by atomic mass is 35.5. The Bertz CT molecular complexity index is 851. The molecule has 1 saturated carbocycles. The number of aromatic amines is 1. The Morgan fingerprint density at radius 2 is 1.74 bits per heavy atom. The van der Waals surface area contributed by atoms with Crippen molar-refractivity contribution in [3.63, 3.8) is 0 Å². The van der Waals surface area contributed by atoms with Gasteiger partial charge in [0.2, 0.25) is 11.8 Å². The predicted molar refractivity (Wildman–Crippen MR) is 142 cm³/mol. The van der Waals surface area contributed by atoms with Gasteiger partial charge in [0, 0.05) is 36.9 Å². The van der Waals surface area contributed by atoms with Gasteiger partial charge in [-0.05, 0) is 64.2 Å². The predicted octanol–water partition coefficient (Wildman–Crippen LogP) is 4.69. The van der Waals surface area contributed by atoms with Crippen LogP contribution in [0.25, 0.3) is 0 Å². The van der Waals surface area contributed by atoms with Gasteiger partial charge in [-0.15, -0.1) is 12.4 Å². The van der Waals surface area contributed by atoms with Crippen LogP contribution in [0.5, 0.6) is 0 Å². The number of rotatable bonds is 7. The van der Waals surface area contributed by atoms with Gasteiger partial charge in [-0.25, -0.2) is 0 Å². The van der Waals surface area contributed by atoms with Crippen molar-refractivity contribution < 1.29 is 9.59 Å². The number of likely N-dealkylation sites (tertiary alicyclic amines) is 1. The van der Waals surface area contributed by atoms with E-state index >= 15 is 0 Å². The second kappa shape index (κ2) is 11.6. The van der Waals surface area contributed by atoms with Crippen LogP contribution >= 0.6 is 12.4 Å². The second-order valence-electron chi connectivity index (χ2n) is 11.4. The quantitative estimate of drug-likeness (QED) is 0.561. The summed E-state index contributed by atoms with van der Waals surface area (Å²) in [6, 6.07) is -0.0408. The maximum Gasteiger partial charge on any atom is 0.246 e. The number of carbonyl (C=O) groups excluding carboxylic acids is 2. The van der Waals surface area contributed by atoms with Gasteiger partial charge < -0.3 is 10.2 Å². The number of H-pyrrole nitrogens is 1. The van der Waals surface area contributed by atoms with Crippen LogP contribution in [0.2, 0.25) is 0 Å². The van der Waals surface area contributed by atoms with Crippen molar-refractivity contribution in [1.29, 1.82) is 0 Å². The van der Waals surface area contributed by atoms with E-state index in [2.05, 4.69) is 55.0 Å². The number of amides is 2. The molecule has 3 fully saturated rings. The van der Waals surface area contributed by atoms with E-state index in [1.165, 1.54) is 43.4 Å². The molecular weight excluding hydrogens is 462 g/mol. The van der Waals surface area contributed by atoms with Gasteiger partial charge in [-0.2, -0.15) is 5.10 Å². The number of piperazine rings is 1. The van der Waals surface area contributed by atoms with Crippen molar-refractivity contribution in [3.8, 4) is 0 Å². The molecular formula is C27H46ClN5O2. The summed E-state index contributed by atoms with van der Waals surface area (Å²) in [7, 11) is 0. The molecule has 1 unspecified atom stereocenters. The summed E-state index contributed by atoms with van der Waals surface area (Å²) >= 11 is 0. The molecule has 7 nitrogen and oxygen atoms in total. The molecule has 2 amide bonds. The van der Waals surface area contributed by atoms with Crippen LogP contribution in [-0.4, -0.2) is 63.0 Å². The van der Waals surface area contributed by atoms with Crippen molar-refractivity contribution >= 4 is 24.2 Å². The molecule has 198 valence electrons. The summed E-state index contributed by atoms with van der Waals surface area (Å²) in [5, 5.41) is 10.9. The minimum absolute atomic E-state index is 0. The molecule has 3 aliphatic rings. The Morgan fingerprint density at radius 3 is 2.29 bits per heavy atom. The maximum atomic E-state index is 13.6. The van der Waals surface area contributed by atoms with Gasteiger partial charge in [0.25, 0.3) is 0 Å². The van der Waals surface area contributed by atoms with Crippen LogP contribution in [0.3, 0.4) is 0 Å². The van der Waals surface area contributed by atoms with Gasteiger partial charge in [-0.3, -0.25) is 19.6 Å². The fourth-order valence-electron chi connectivity index (χ4n) is 6.89. The number of nitrogens with zero attached hydrogens (tertiary/aromatic N) is 3. The van der Waals surface area contributed by atoms with E-state index in [9.17, 15) is 9.59 Å². The van der Waals surface area contributed by atoms with Crippen LogP contribution < -0.4 is 5.32 Å². The second-order valence-corrected chi connectivity index (χ2v) is 11.4. The summed E-state index contributed by atoms with van der Waals surface area (Å²) in [6.45, 7) is 12.9. The number of hydrogen-bond donors (Lipinski definition) is 2. The van der Waals surface area contributed by atoms with Crippen LogP contribution in [-0.2, 0) is 9.59 Å². The van der Waals surface area contributed by atoms with E-state index in [-0.39, 0.29) is 30.3 Å². The Hall–Kier alpha value is -1.60. The van der Waals surface area contributed by atoms with Crippen LogP contribution in [0.15, 0.2) is 0 Å². The molecule has 3 heterocycles. The van der Waals surface area contributed by atoms with E-state index < -0.39 is 5.54 Å². The summed E-state index contributed by atoms with van der Waals surface area (Å²) in [5.41, 5.74) is 2.93. The number of piperidine rings is 1. The van der Waals surface area contributed by atoms with Crippen molar-refractivity contribution in [3.05, 3.63) is 17.0 Å². The van der Waals surface area contributed by atoms with E-state index in [1.807, 2.05) is 4.90 Å². The summed E-state index contributed by atoms with van der Waals surface area (Å²) in [6.07, 6.45) is 9.44. The van der Waals surface area contributed by atoms with Crippen LogP contribution in [0, 0.1) is 25.7 Å². The normalized spacial score (nSPS) is 24.5. The first kappa shape index (κ1) is 28.0. The lowest BCUT2D eigenvalue weighted by Crippen LogP contribution is -2.73. The van der Waals surface area contributed by atoms with Crippen molar-refractivity contribution in [2.45, 2.75) is 110 Å². The highest BCUT2D eigenvalue weighted by molar-refractivity contribution is 6.00. The number of nitrogens with one attached hydrogen (secondary N) is 2. The zero-order valence-electron chi connectivity index (χ0n) is 22.4. The Kier molecular flexibility index (Phi) is 9.30. The Labute approximate surface area is 217 Å². The van der Waals surface area contributed by atoms with E-state index in [1.54, 1.807) is 0 Å². The summed E-state index contributed by atoms with van der Waals surface area (Å²) in [5.74, 6) is 1.18. The lowest BCUT2D eigenvalue weighted by molar-refractivity contribution is -0.162. The number of carbonyl (C=O) groups is 2. The van der Waals surface area contributed by atoms with Crippen LogP contribution in [0.4, 0.5) is 0 Å². The molecule has 1 aliphatic carbocycles. The van der Waals surface area contributed by atoms with Gasteiger partial charge in [-0.1, -0.05) is 40.0 Å². The Morgan fingerprint density at radius 1 is 1.09 bits per heavy atom. The number of halogens is 1. The molecule has 0 radical (unpaired) electrons. The highest BCUT2D eigenvalue weighted by Gasteiger charge is 2.54. The Balaban J connectivity index is 0.00000342. The molecule has 2 aliphatic heterocycles. The van der Waals surface area contributed by atoms with Gasteiger partial charge in [0.15, 0.2) is 0 Å². The first-order chi connectivity index (χ1) is 16.3. The summed E-state index contributed by atoms with van der Waals surface area (Å²) in [4.78, 5) is 31.6. The number of aryl methyl sites for hydroxylation is 2. The lowest BCUT2D eigenvalue weighted by Gasteiger charge is -2.53. The summed E-state index contributed by atoms with van der Waals surface area (Å²) < 4.78 is 0. The smallest absolute Gasteiger partial charge is 0.246 e. The van der Waals surface area contributed by atoms with E-state index in [0.29, 0.717) is 43.7 Å². The van der Waals surface area contributed by atoms with Gasteiger partial charge in [0.05, 0.1) is 5.69 Å². The zero-order valence-corrected chi connectivity index (χ0v) is 23.2. The van der Waals surface area contributed by atoms with Gasteiger partial charge in [0.1, 0.15) is 11.6 Å². The van der Waals surface area contributed by atoms with Crippen molar-refractivity contribution in [2.24, 2.45) is 11.8 Å². The molecule has 0 aromatic carbocycles. The highest BCUT2D eigenvalue weighted by Crippen LogP contribution is 2.43. The molecule has 4 rings (SSSR count). The fraction of sp³-hybridized carbons (Fsp3) is 0.815. The molecule has 35 heavy (non-hydrogen) atoms. The third-order valence-corrected chi connectivity index (χ3v) is 8.56. The molecule has 2 saturated heterocycles. The van der Waals surface area contributed by atoms with E-state index in [0.717, 1.165) is 25.2 Å². The molecule has 1 spiro atoms. The maximum absolute atomic E-state index is 13.6. The molecule has 1 aromatic rings. The molecule has 2 atom stereocenters. The SMILES string of the molecule is CCCN1C(=O)[C@H](CC(C)C)NC(=O)C12CCN(C(c1c(C)n[nH]c1C)C1CCCCC1)CC2.Cl. The minimum atomic E-state index is -0.700. The third-order valence-electron chi connectivity index (χ3n) is 8.56. The van der Waals surface area contributed by atoms with Crippen molar-refractivity contribution in [1.82, 2.24) is 25.3 Å². The van der Waals surface area contributed by atoms with E-state index in [4.69, 9.17) is 0 Å². The average Bonchev–Trinajstić information content (AvgIpc) is 3.15. The first-order valence-electron chi connectivity index (χ1n) is 13.7. The number of aromatic nitrogens is 2. The monoisotopic (exact) mass is 507 g/mol. The average molecular weight is 508 g/mol. The number of hydrogen-bond acceptors (Lipinski definition) is 4. The first-order valence-corrected chi connectivity index (χ1v) is 13.7. The molecule has 8 heteroatoms. The fourth-order valence-corrected chi connectivity index (χ4v) is 6.89.